The molecular formula is C21H26N2O2. The van der Waals surface area contributed by atoms with Gasteiger partial charge >= 0.3 is 0 Å². The zero-order valence-corrected chi connectivity index (χ0v) is 14.8. The molecule has 2 aromatic carbocycles. The van der Waals surface area contributed by atoms with Gasteiger partial charge in [0, 0.05) is 19.6 Å². The van der Waals surface area contributed by atoms with Crippen LogP contribution in [0.5, 0.6) is 0 Å². The van der Waals surface area contributed by atoms with Crippen LogP contribution in [0, 0.1) is 6.92 Å². The van der Waals surface area contributed by atoms with Crippen LogP contribution in [-0.4, -0.2) is 43.7 Å². The van der Waals surface area contributed by atoms with Crippen molar-refractivity contribution in [2.45, 2.75) is 19.4 Å². The third kappa shape index (κ3) is 5.15. The van der Waals surface area contributed by atoms with E-state index in [0.29, 0.717) is 6.42 Å². The summed E-state index contributed by atoms with van der Waals surface area (Å²) >= 11 is 0. The smallest absolute Gasteiger partial charge is 0.224 e. The molecule has 0 bridgehead atoms. The Morgan fingerprint density at radius 2 is 1.76 bits per heavy atom. The molecule has 1 heterocycles. The van der Waals surface area contributed by atoms with Crippen LogP contribution < -0.4 is 5.32 Å². The number of ether oxygens (including phenoxy) is 1. The monoisotopic (exact) mass is 338 g/mol. The van der Waals surface area contributed by atoms with Crippen LogP contribution in [-0.2, 0) is 16.0 Å². The standard InChI is InChI=1S/C21H26N2O2/c1-17-7-5-6-10-19(17)15-21(24)22-20(18-8-3-2-4-9-18)16-23-11-13-25-14-12-23/h2-10,20H,11-16H2,1H3,(H,22,24). The zero-order chi connectivity index (χ0) is 17.5. The molecule has 25 heavy (non-hydrogen) atoms. The highest BCUT2D eigenvalue weighted by atomic mass is 16.5. The lowest BCUT2D eigenvalue weighted by molar-refractivity contribution is -0.121. The molecule has 0 saturated carbocycles. The summed E-state index contributed by atoms with van der Waals surface area (Å²) in [6.07, 6.45) is 0.416. The van der Waals surface area contributed by atoms with E-state index in [1.807, 2.05) is 49.4 Å². The van der Waals surface area contributed by atoms with Crippen molar-refractivity contribution >= 4 is 5.91 Å². The predicted molar refractivity (Wildman–Crippen MR) is 99.5 cm³/mol. The van der Waals surface area contributed by atoms with Crippen molar-refractivity contribution in [1.29, 1.82) is 0 Å². The molecule has 1 saturated heterocycles. The second kappa shape index (κ2) is 8.79. The third-order valence-corrected chi connectivity index (χ3v) is 4.69. The molecule has 4 nitrogen and oxygen atoms in total. The minimum absolute atomic E-state index is 0.00387. The molecule has 1 unspecified atom stereocenters. The van der Waals surface area contributed by atoms with Crippen LogP contribution in [0.3, 0.4) is 0 Å². The minimum Gasteiger partial charge on any atom is -0.379 e. The Morgan fingerprint density at radius 1 is 1.08 bits per heavy atom. The molecule has 1 aliphatic rings. The Kier molecular flexibility index (Phi) is 6.20. The molecule has 1 atom stereocenters. The van der Waals surface area contributed by atoms with Crippen LogP contribution in [0.15, 0.2) is 54.6 Å². The van der Waals surface area contributed by atoms with E-state index in [1.165, 1.54) is 0 Å². The van der Waals surface area contributed by atoms with Gasteiger partial charge < -0.3 is 10.1 Å². The number of hydrogen-bond acceptors (Lipinski definition) is 3. The number of rotatable bonds is 6. The van der Waals surface area contributed by atoms with E-state index >= 15 is 0 Å². The summed E-state index contributed by atoms with van der Waals surface area (Å²) in [6.45, 7) is 6.21. The first-order valence-corrected chi connectivity index (χ1v) is 8.91. The molecule has 3 rings (SSSR count). The van der Waals surface area contributed by atoms with Crippen molar-refractivity contribution in [3.63, 3.8) is 0 Å². The Bertz CT molecular complexity index is 681. The molecule has 1 aliphatic heterocycles. The molecule has 0 radical (unpaired) electrons. The number of nitrogens with one attached hydrogen (secondary N) is 1. The van der Waals surface area contributed by atoms with Gasteiger partial charge in [-0.3, -0.25) is 9.69 Å². The number of carbonyl (C=O) groups excluding carboxylic acids is 1. The maximum absolute atomic E-state index is 12.6. The maximum Gasteiger partial charge on any atom is 0.224 e. The largest absolute Gasteiger partial charge is 0.379 e. The molecule has 0 aromatic heterocycles. The van der Waals surface area contributed by atoms with Crippen LogP contribution in [0.2, 0.25) is 0 Å². The van der Waals surface area contributed by atoms with E-state index in [1.54, 1.807) is 0 Å². The second-order valence-corrected chi connectivity index (χ2v) is 6.55. The van der Waals surface area contributed by atoms with Crippen molar-refractivity contribution < 1.29 is 9.53 Å². The summed E-state index contributed by atoms with van der Waals surface area (Å²) in [5.41, 5.74) is 3.38. The van der Waals surface area contributed by atoms with Crippen LogP contribution in [0.4, 0.5) is 0 Å². The second-order valence-electron chi connectivity index (χ2n) is 6.55. The third-order valence-electron chi connectivity index (χ3n) is 4.69. The lowest BCUT2D eigenvalue weighted by Gasteiger charge is -2.31. The lowest BCUT2D eigenvalue weighted by Crippen LogP contribution is -2.43. The van der Waals surface area contributed by atoms with Gasteiger partial charge in [0.15, 0.2) is 0 Å². The molecular weight excluding hydrogens is 312 g/mol. The Morgan fingerprint density at radius 3 is 2.48 bits per heavy atom. The van der Waals surface area contributed by atoms with Gasteiger partial charge in [0.25, 0.3) is 0 Å². The van der Waals surface area contributed by atoms with E-state index in [4.69, 9.17) is 4.74 Å². The summed E-state index contributed by atoms with van der Waals surface area (Å²) in [5.74, 6) is 0.0661. The highest BCUT2D eigenvalue weighted by Crippen LogP contribution is 2.16. The van der Waals surface area contributed by atoms with Crippen molar-refractivity contribution in [1.82, 2.24) is 10.2 Å². The highest BCUT2D eigenvalue weighted by molar-refractivity contribution is 5.79. The maximum atomic E-state index is 12.6. The summed E-state index contributed by atoms with van der Waals surface area (Å²) < 4.78 is 5.43. The summed E-state index contributed by atoms with van der Waals surface area (Å²) in [6, 6.07) is 18.3. The van der Waals surface area contributed by atoms with Gasteiger partial charge in [-0.05, 0) is 23.6 Å². The minimum atomic E-state index is -0.00387. The highest BCUT2D eigenvalue weighted by Gasteiger charge is 2.20. The van der Waals surface area contributed by atoms with Crippen molar-refractivity contribution in [3.05, 3.63) is 71.3 Å². The fourth-order valence-corrected chi connectivity index (χ4v) is 3.19. The van der Waals surface area contributed by atoms with Gasteiger partial charge in [0.05, 0.1) is 25.7 Å². The van der Waals surface area contributed by atoms with Crippen LogP contribution in [0.25, 0.3) is 0 Å². The fourth-order valence-electron chi connectivity index (χ4n) is 3.19. The van der Waals surface area contributed by atoms with Gasteiger partial charge in [0.1, 0.15) is 0 Å². The quantitative estimate of drug-likeness (QED) is 0.880. The molecule has 2 aromatic rings. The van der Waals surface area contributed by atoms with Gasteiger partial charge in [0.2, 0.25) is 5.91 Å². The molecule has 4 heteroatoms. The Hall–Kier alpha value is -2.17. The zero-order valence-electron chi connectivity index (χ0n) is 14.8. The number of nitrogens with zero attached hydrogens (tertiary/aromatic N) is 1. The predicted octanol–water partition coefficient (Wildman–Crippen LogP) is 2.73. The van der Waals surface area contributed by atoms with Gasteiger partial charge in [-0.1, -0.05) is 54.6 Å². The van der Waals surface area contributed by atoms with Crippen molar-refractivity contribution in [3.8, 4) is 0 Å². The number of morpholine rings is 1. The molecule has 0 aliphatic carbocycles. The lowest BCUT2D eigenvalue weighted by atomic mass is 10.0. The van der Waals surface area contributed by atoms with E-state index in [0.717, 1.165) is 49.5 Å². The average Bonchev–Trinajstić information content (AvgIpc) is 2.65. The number of carbonyl (C=O) groups is 1. The Balaban J connectivity index is 1.68. The van der Waals surface area contributed by atoms with Crippen molar-refractivity contribution in [2.75, 3.05) is 32.8 Å². The Labute approximate surface area is 149 Å². The number of benzene rings is 2. The summed E-state index contributed by atoms with van der Waals surface area (Å²) in [4.78, 5) is 15.0. The topological polar surface area (TPSA) is 41.6 Å². The number of amides is 1. The van der Waals surface area contributed by atoms with Crippen LogP contribution >= 0.6 is 0 Å². The molecule has 1 N–H and O–H groups in total. The number of hydrogen-bond donors (Lipinski definition) is 1. The first-order valence-electron chi connectivity index (χ1n) is 8.91. The van der Waals surface area contributed by atoms with E-state index in [2.05, 4.69) is 22.3 Å². The average molecular weight is 338 g/mol. The summed E-state index contributed by atoms with van der Waals surface area (Å²) in [5, 5.41) is 3.23. The van der Waals surface area contributed by atoms with E-state index < -0.39 is 0 Å². The van der Waals surface area contributed by atoms with Gasteiger partial charge in [-0.2, -0.15) is 0 Å². The molecule has 1 fully saturated rings. The number of aryl methyl sites for hydroxylation is 1. The van der Waals surface area contributed by atoms with Crippen molar-refractivity contribution in [2.24, 2.45) is 0 Å². The van der Waals surface area contributed by atoms with Crippen LogP contribution in [0.1, 0.15) is 22.7 Å². The van der Waals surface area contributed by atoms with E-state index in [9.17, 15) is 4.79 Å². The molecule has 1 amide bonds. The van der Waals surface area contributed by atoms with E-state index in [-0.39, 0.29) is 11.9 Å². The van der Waals surface area contributed by atoms with Gasteiger partial charge in [-0.25, -0.2) is 0 Å². The molecule has 0 spiro atoms. The first kappa shape index (κ1) is 17.6. The van der Waals surface area contributed by atoms with Gasteiger partial charge in [-0.15, -0.1) is 0 Å². The fraction of sp³-hybridized carbons (Fsp3) is 0.381. The SMILES string of the molecule is Cc1ccccc1CC(=O)NC(CN1CCOCC1)c1ccccc1. The first-order chi connectivity index (χ1) is 12.2. The summed E-state index contributed by atoms with van der Waals surface area (Å²) in [7, 11) is 0. The normalized spacial score (nSPS) is 16.4. The molecule has 132 valence electrons.